The van der Waals surface area contributed by atoms with E-state index < -0.39 is 5.97 Å². The number of imidazole rings is 1. The number of carboxylic acids is 1. The highest BCUT2D eigenvalue weighted by Crippen LogP contribution is 2.58. The van der Waals surface area contributed by atoms with Crippen LogP contribution >= 0.6 is 0 Å². The smallest absolute Gasteiger partial charge is 0.322 e. The van der Waals surface area contributed by atoms with Crippen LogP contribution in [0.15, 0.2) is 91.0 Å². The molecule has 4 aromatic carbocycles. The second-order valence-electron chi connectivity index (χ2n) is 14.5. The monoisotopic (exact) mass is 611 g/mol. The summed E-state index contributed by atoms with van der Waals surface area (Å²) >= 11 is 0. The molecule has 2 N–H and O–H groups in total. The van der Waals surface area contributed by atoms with Crippen LogP contribution in [0.4, 0.5) is 5.69 Å². The predicted molar refractivity (Wildman–Crippen MR) is 188 cm³/mol. The number of nitrogens with zero attached hydrogens (tertiary/aromatic N) is 2. The van der Waals surface area contributed by atoms with E-state index in [0.29, 0.717) is 11.8 Å². The molecule has 0 bridgehead atoms. The summed E-state index contributed by atoms with van der Waals surface area (Å²) < 4.78 is 2.46. The Morgan fingerprint density at radius 3 is 2.52 bits per heavy atom. The van der Waals surface area contributed by atoms with Crippen LogP contribution in [0.5, 0.6) is 0 Å². The highest BCUT2D eigenvalue weighted by Gasteiger charge is 2.52. The van der Waals surface area contributed by atoms with Gasteiger partial charge in [-0.15, -0.1) is 0 Å². The summed E-state index contributed by atoms with van der Waals surface area (Å²) in [5.74, 6) is 1.16. The Labute approximate surface area is 272 Å². The molecule has 7 rings (SSSR count). The molecule has 46 heavy (non-hydrogen) atoms. The van der Waals surface area contributed by atoms with Gasteiger partial charge in [-0.2, -0.15) is 0 Å². The fourth-order valence-corrected chi connectivity index (χ4v) is 8.82. The molecule has 0 unspecified atom stereocenters. The summed E-state index contributed by atoms with van der Waals surface area (Å²) in [5.41, 5.74) is 11.0. The van der Waals surface area contributed by atoms with Gasteiger partial charge in [0.2, 0.25) is 0 Å². The first kappa shape index (κ1) is 30.3. The highest BCUT2D eigenvalue weighted by molar-refractivity contribution is 5.86. The first-order chi connectivity index (χ1) is 22.1. The van der Waals surface area contributed by atoms with Crippen molar-refractivity contribution in [3.8, 4) is 22.5 Å². The molecule has 3 atom stereocenters. The van der Waals surface area contributed by atoms with E-state index in [-0.39, 0.29) is 17.4 Å². The first-order valence-electron chi connectivity index (χ1n) is 16.9. The summed E-state index contributed by atoms with van der Waals surface area (Å²) in [6.07, 6.45) is 5.98. The molecule has 2 aliphatic carbocycles. The van der Waals surface area contributed by atoms with Crippen LogP contribution in [0.3, 0.4) is 0 Å². The van der Waals surface area contributed by atoms with Crippen LogP contribution < -0.4 is 5.32 Å². The fourth-order valence-electron chi connectivity index (χ4n) is 8.82. The maximum absolute atomic E-state index is 11.3. The lowest BCUT2D eigenvalue weighted by Crippen LogP contribution is -2.50. The van der Waals surface area contributed by atoms with E-state index in [9.17, 15) is 9.90 Å². The van der Waals surface area contributed by atoms with Gasteiger partial charge < -0.3 is 15.0 Å². The average Bonchev–Trinajstić information content (AvgIpc) is 3.41. The number of carboxylic acid groups (broad SMARTS) is 1. The van der Waals surface area contributed by atoms with Crippen molar-refractivity contribution in [2.45, 2.75) is 77.7 Å². The Bertz CT molecular complexity index is 1910. The molecule has 236 valence electrons. The van der Waals surface area contributed by atoms with Gasteiger partial charge >= 0.3 is 5.97 Å². The minimum absolute atomic E-state index is 0.0844. The van der Waals surface area contributed by atoms with Crippen molar-refractivity contribution < 1.29 is 9.90 Å². The van der Waals surface area contributed by atoms with Crippen molar-refractivity contribution in [3.05, 3.63) is 108 Å². The summed E-state index contributed by atoms with van der Waals surface area (Å²) in [7, 11) is 0. The van der Waals surface area contributed by atoms with Crippen LogP contribution in [0.25, 0.3) is 33.5 Å². The zero-order valence-electron chi connectivity index (χ0n) is 27.5. The number of hydrogen-bond acceptors (Lipinski definition) is 3. The molecule has 1 fully saturated rings. The number of aryl methyl sites for hydroxylation is 1. The normalized spacial score (nSPS) is 22.4. The van der Waals surface area contributed by atoms with Crippen LogP contribution in [0, 0.1) is 11.3 Å². The maximum atomic E-state index is 11.3. The molecule has 0 radical (unpaired) electrons. The molecule has 5 aromatic rings. The molecule has 5 heteroatoms. The van der Waals surface area contributed by atoms with Crippen LogP contribution in [0.1, 0.15) is 76.0 Å². The summed E-state index contributed by atoms with van der Waals surface area (Å²) in [4.78, 5) is 16.6. The van der Waals surface area contributed by atoms with E-state index in [2.05, 4.69) is 104 Å². The summed E-state index contributed by atoms with van der Waals surface area (Å²) in [6.45, 7) is 10.4. The van der Waals surface area contributed by atoms with E-state index in [0.717, 1.165) is 46.6 Å². The zero-order chi connectivity index (χ0) is 32.1. The van der Waals surface area contributed by atoms with Crippen LogP contribution in [-0.2, 0) is 23.2 Å². The quantitative estimate of drug-likeness (QED) is 0.183. The molecule has 1 heterocycles. The number of fused-ring (bicyclic) bond motifs is 4. The Kier molecular flexibility index (Phi) is 7.75. The topological polar surface area (TPSA) is 67.2 Å². The number of hydrogen-bond donors (Lipinski definition) is 2. The summed E-state index contributed by atoms with van der Waals surface area (Å²) in [5, 5.41) is 12.3. The van der Waals surface area contributed by atoms with Gasteiger partial charge in [-0.25, -0.2) is 4.98 Å². The average molecular weight is 612 g/mol. The number of benzene rings is 4. The largest absolute Gasteiger partial charge is 0.480 e. The van der Waals surface area contributed by atoms with Gasteiger partial charge in [-0.05, 0) is 100 Å². The number of aromatic nitrogens is 2. The van der Waals surface area contributed by atoms with Crippen molar-refractivity contribution >= 4 is 22.7 Å². The van der Waals surface area contributed by atoms with Crippen LogP contribution in [-0.4, -0.2) is 27.2 Å². The standard InChI is InChI=1S/C41H45N3O2/c1-27(2)29-14-17-34-31(22-29)16-19-37-40(3,20-9-21-41(34,37)4)26-44-36-18-15-30(28-10-6-5-7-11-28)24-35(36)43-39(44)32-12-8-13-33(23-32)42-25-38(45)46/h5-8,10-15,17-18,22-24,27,37,42H,9,16,19-21,25-26H2,1-4H3,(H,45,46)/t37-,40-,41+/m0/s1. The Morgan fingerprint density at radius 2 is 1.74 bits per heavy atom. The fraction of sp³-hybridized carbons (Fsp3) is 0.366. The van der Waals surface area contributed by atoms with Crippen molar-refractivity contribution in [3.63, 3.8) is 0 Å². The summed E-state index contributed by atoms with van der Waals surface area (Å²) in [6, 6.07) is 32.5. The number of nitrogens with one attached hydrogen (secondary N) is 1. The zero-order valence-corrected chi connectivity index (χ0v) is 27.5. The van der Waals surface area contributed by atoms with Crippen molar-refractivity contribution in [1.29, 1.82) is 0 Å². The molecule has 0 spiro atoms. The predicted octanol–water partition coefficient (Wildman–Crippen LogP) is 9.70. The molecular weight excluding hydrogens is 566 g/mol. The third-order valence-corrected chi connectivity index (χ3v) is 11.1. The number of carbonyl (C=O) groups is 1. The second-order valence-corrected chi connectivity index (χ2v) is 14.5. The lowest BCUT2D eigenvalue weighted by atomic mass is 9.49. The molecule has 0 saturated heterocycles. The number of aliphatic carboxylic acids is 1. The van der Waals surface area contributed by atoms with E-state index in [1.165, 1.54) is 36.8 Å². The van der Waals surface area contributed by atoms with Crippen molar-refractivity contribution in [2.75, 3.05) is 11.9 Å². The first-order valence-corrected chi connectivity index (χ1v) is 16.9. The van der Waals surface area contributed by atoms with Crippen LogP contribution in [0.2, 0.25) is 0 Å². The third kappa shape index (κ3) is 5.40. The number of rotatable bonds is 8. The van der Waals surface area contributed by atoms with E-state index in [1.54, 1.807) is 11.1 Å². The van der Waals surface area contributed by atoms with E-state index >= 15 is 0 Å². The highest BCUT2D eigenvalue weighted by atomic mass is 16.4. The van der Waals surface area contributed by atoms with E-state index in [4.69, 9.17) is 4.98 Å². The van der Waals surface area contributed by atoms with Gasteiger partial charge in [0.25, 0.3) is 0 Å². The van der Waals surface area contributed by atoms with Gasteiger partial charge in [0, 0.05) is 17.8 Å². The number of anilines is 1. The molecule has 0 aliphatic heterocycles. The molecule has 5 nitrogen and oxygen atoms in total. The minimum atomic E-state index is -0.881. The third-order valence-electron chi connectivity index (χ3n) is 11.1. The van der Waals surface area contributed by atoms with Crippen molar-refractivity contribution in [2.24, 2.45) is 11.3 Å². The lowest BCUT2D eigenvalue weighted by molar-refractivity contribution is -0.134. The second kappa shape index (κ2) is 11.8. The van der Waals surface area contributed by atoms with Gasteiger partial charge in [-0.1, -0.05) is 101 Å². The SMILES string of the molecule is CC(C)c1ccc2c(c1)CC[C@H]1[C@](C)(Cn3c(-c4cccc(NCC(=O)O)c4)nc4cc(-c5ccccc5)ccc43)CCC[C@]21C. The minimum Gasteiger partial charge on any atom is -0.480 e. The van der Waals surface area contributed by atoms with E-state index in [1.807, 2.05) is 24.3 Å². The van der Waals surface area contributed by atoms with Gasteiger partial charge in [0.15, 0.2) is 0 Å². The molecule has 1 saturated carbocycles. The van der Waals surface area contributed by atoms with Gasteiger partial charge in [0.1, 0.15) is 12.4 Å². The maximum Gasteiger partial charge on any atom is 0.322 e. The molecule has 2 aliphatic rings. The Balaban J connectivity index is 1.32. The molecular formula is C41H45N3O2. The Morgan fingerprint density at radius 1 is 0.935 bits per heavy atom. The Hall–Kier alpha value is -4.38. The molecule has 0 amide bonds. The van der Waals surface area contributed by atoms with Gasteiger partial charge in [0.05, 0.1) is 11.0 Å². The van der Waals surface area contributed by atoms with Gasteiger partial charge in [-0.3, -0.25) is 4.79 Å². The van der Waals surface area contributed by atoms with Crippen molar-refractivity contribution in [1.82, 2.24) is 9.55 Å². The molecule has 1 aromatic heterocycles. The lowest BCUT2D eigenvalue weighted by Gasteiger charge is -2.56.